The number of allylic oxidation sites excluding steroid dienone is 1. The summed E-state index contributed by atoms with van der Waals surface area (Å²) in [4.78, 5) is 4.81. The van der Waals surface area contributed by atoms with E-state index in [4.69, 9.17) is 4.98 Å². The van der Waals surface area contributed by atoms with Gasteiger partial charge in [0, 0.05) is 28.1 Å². The third-order valence-corrected chi connectivity index (χ3v) is 9.39. The first kappa shape index (κ1) is 25.7. The van der Waals surface area contributed by atoms with Gasteiger partial charge in [0.2, 0.25) is 7.28 Å². The zero-order valence-electron chi connectivity index (χ0n) is 22.2. The van der Waals surface area contributed by atoms with Gasteiger partial charge < -0.3 is 4.57 Å². The van der Waals surface area contributed by atoms with Gasteiger partial charge in [0.05, 0.1) is 5.72 Å². The number of rotatable bonds is 11. The third kappa shape index (κ3) is 6.70. The molecule has 0 aliphatic carbocycles. The van der Waals surface area contributed by atoms with E-state index in [9.17, 15) is 0 Å². The average Bonchev–Trinajstić information content (AvgIpc) is 3.43. The fraction of sp³-hybridized carbons (Fsp3) is 0.147. The Bertz CT molecular complexity index is 1340. The van der Waals surface area contributed by atoms with Crippen molar-refractivity contribution in [3.8, 4) is 0 Å². The van der Waals surface area contributed by atoms with Gasteiger partial charge >= 0.3 is 0 Å². The molecule has 0 fully saturated rings. The molecule has 188 valence electrons. The summed E-state index contributed by atoms with van der Waals surface area (Å²) in [6.07, 6.45) is 7.75. The molecule has 0 aliphatic heterocycles. The molecule has 0 saturated heterocycles. The third-order valence-electron chi connectivity index (χ3n) is 7.27. The lowest BCUT2D eigenvalue weighted by molar-refractivity contribution is 0.806. The summed E-state index contributed by atoms with van der Waals surface area (Å²) in [6.45, 7) is 2.37. The molecule has 1 atom stereocenters. The van der Waals surface area contributed by atoms with Crippen molar-refractivity contribution in [3.63, 3.8) is 0 Å². The molecule has 0 saturated carbocycles. The minimum Gasteiger partial charge on any atom is -0.347 e. The summed E-state index contributed by atoms with van der Waals surface area (Å²) >= 11 is 0. The molecule has 5 aromatic rings. The molecule has 4 heteroatoms. The Morgan fingerprint density at radius 3 is 1.79 bits per heavy atom. The van der Waals surface area contributed by atoms with Crippen LogP contribution in [0.15, 0.2) is 140 Å². The van der Waals surface area contributed by atoms with Crippen LogP contribution in [0, 0.1) is 5.92 Å². The van der Waals surface area contributed by atoms with Crippen molar-refractivity contribution in [2.45, 2.75) is 25.0 Å². The van der Waals surface area contributed by atoms with Crippen LogP contribution in [0.1, 0.15) is 35.0 Å². The van der Waals surface area contributed by atoms with Gasteiger partial charge in [-0.25, -0.2) is 0 Å². The van der Waals surface area contributed by atoms with Crippen LogP contribution < -0.4 is 5.72 Å². The summed E-state index contributed by atoms with van der Waals surface area (Å²) in [7, 11) is 0.603. The van der Waals surface area contributed by atoms with Gasteiger partial charge in [0.25, 0.3) is 0 Å². The van der Waals surface area contributed by atoms with E-state index in [-0.39, 0.29) is 9.52 Å². The molecular formula is C34H35BN2Si. The van der Waals surface area contributed by atoms with Gasteiger partial charge in [-0.05, 0) is 39.6 Å². The summed E-state index contributed by atoms with van der Waals surface area (Å²) in [5.74, 6) is 0.840. The minimum atomic E-state index is -0.310. The van der Waals surface area contributed by atoms with E-state index in [1.165, 1.54) is 39.6 Å². The van der Waals surface area contributed by atoms with E-state index >= 15 is 0 Å². The van der Waals surface area contributed by atoms with Crippen molar-refractivity contribution in [3.05, 3.63) is 162 Å². The topological polar surface area (TPSA) is 17.8 Å². The monoisotopic (exact) mass is 510 g/mol. The fourth-order valence-electron chi connectivity index (χ4n) is 5.26. The average molecular weight is 511 g/mol. The van der Waals surface area contributed by atoms with E-state index in [1.54, 1.807) is 0 Å². The zero-order valence-corrected chi connectivity index (χ0v) is 23.6. The van der Waals surface area contributed by atoms with E-state index in [0.717, 1.165) is 13.4 Å². The van der Waals surface area contributed by atoms with Gasteiger partial charge in [-0.1, -0.05) is 140 Å². The molecule has 5 rings (SSSR count). The second kappa shape index (κ2) is 13.1. The molecule has 0 aliphatic rings. The first-order chi connectivity index (χ1) is 18.8. The number of hydrogen-bond acceptors (Lipinski definition) is 1. The Morgan fingerprint density at radius 2 is 1.26 bits per heavy atom. The molecule has 0 N–H and O–H groups in total. The van der Waals surface area contributed by atoms with Crippen molar-refractivity contribution in [2.75, 3.05) is 0 Å². The Morgan fingerprint density at radius 1 is 0.763 bits per heavy atom. The Labute approximate surface area is 230 Å². The molecule has 0 amide bonds. The van der Waals surface area contributed by atoms with Crippen LogP contribution >= 0.6 is 0 Å². The lowest BCUT2D eigenvalue weighted by Gasteiger charge is -2.18. The van der Waals surface area contributed by atoms with Crippen molar-refractivity contribution < 1.29 is 0 Å². The van der Waals surface area contributed by atoms with E-state index in [2.05, 4.69) is 145 Å². The van der Waals surface area contributed by atoms with Gasteiger partial charge in [-0.15, -0.1) is 0 Å². The lowest BCUT2D eigenvalue weighted by Crippen LogP contribution is -2.32. The van der Waals surface area contributed by atoms with Crippen molar-refractivity contribution in [1.29, 1.82) is 0 Å². The van der Waals surface area contributed by atoms with E-state index in [1.807, 2.05) is 6.20 Å². The van der Waals surface area contributed by atoms with E-state index < -0.39 is 0 Å². The number of imidazole rings is 1. The van der Waals surface area contributed by atoms with Gasteiger partial charge in [0.15, 0.2) is 0 Å². The number of aromatic nitrogens is 2. The minimum absolute atomic E-state index is 0.307. The smallest absolute Gasteiger partial charge is 0.217 e. The fourth-order valence-corrected chi connectivity index (χ4v) is 7.00. The van der Waals surface area contributed by atoms with Crippen LogP contribution in [0.5, 0.6) is 0 Å². The summed E-state index contributed by atoms with van der Waals surface area (Å²) in [5, 5.41) is 0. The number of nitrogens with zero attached hydrogens (tertiary/aromatic N) is 2. The van der Waals surface area contributed by atoms with Gasteiger partial charge in [0.1, 0.15) is 0 Å². The highest BCUT2D eigenvalue weighted by Gasteiger charge is 2.19. The van der Waals surface area contributed by atoms with Crippen LogP contribution in [-0.4, -0.2) is 26.4 Å². The van der Waals surface area contributed by atoms with Crippen LogP contribution in [0.25, 0.3) is 5.57 Å². The van der Waals surface area contributed by atoms with Crippen molar-refractivity contribution >= 4 is 28.1 Å². The second-order valence-electron chi connectivity index (χ2n) is 10.0. The largest absolute Gasteiger partial charge is 0.347 e. The van der Waals surface area contributed by atoms with E-state index in [0.29, 0.717) is 11.7 Å². The predicted molar refractivity (Wildman–Crippen MR) is 166 cm³/mol. The number of hydrogen-bond donors (Lipinski definition) is 0. The Balaban J connectivity index is 1.27. The molecule has 2 nitrogen and oxygen atoms in total. The van der Waals surface area contributed by atoms with Crippen LogP contribution in [0.2, 0.25) is 6.04 Å². The van der Waals surface area contributed by atoms with Crippen molar-refractivity contribution in [1.82, 2.24) is 9.55 Å². The first-order valence-electron chi connectivity index (χ1n) is 13.7. The lowest BCUT2D eigenvalue weighted by atomic mass is 9.58. The normalized spacial score (nSPS) is 12.1. The predicted octanol–water partition coefficient (Wildman–Crippen LogP) is 6.05. The summed E-state index contributed by atoms with van der Waals surface area (Å²) < 4.78 is 2.41. The summed E-state index contributed by atoms with van der Waals surface area (Å²) in [6, 6.07) is 44.5. The molecule has 0 spiro atoms. The molecular weight excluding hydrogens is 475 g/mol. The standard InChI is InChI=1S/C34H35BN2Si/c1-27(24-32(28-14-6-2-7-15-28)29-16-8-3-9-17-29)25-38-26-37-23-22-36-34(37)35-33(30-18-10-4-11-19-30)31-20-12-5-13-21-31/h2-24,27,33,35H,25-26,38H2,1H3. The maximum absolute atomic E-state index is 4.81. The van der Waals surface area contributed by atoms with Crippen LogP contribution in [-0.2, 0) is 6.17 Å². The Hall–Kier alpha value is -3.89. The zero-order chi connectivity index (χ0) is 26.0. The highest BCUT2D eigenvalue weighted by atomic mass is 28.2. The highest BCUT2D eigenvalue weighted by Crippen LogP contribution is 2.26. The van der Waals surface area contributed by atoms with Crippen LogP contribution in [0.3, 0.4) is 0 Å². The maximum atomic E-state index is 4.81. The quantitative estimate of drug-likeness (QED) is 0.198. The molecule has 0 radical (unpaired) electrons. The Kier molecular flexibility index (Phi) is 8.86. The molecule has 38 heavy (non-hydrogen) atoms. The maximum Gasteiger partial charge on any atom is 0.217 e. The van der Waals surface area contributed by atoms with Gasteiger partial charge in [-0.3, -0.25) is 4.98 Å². The molecule has 1 aromatic heterocycles. The molecule has 4 aromatic carbocycles. The molecule has 1 heterocycles. The SMILES string of the molecule is CC(C=C(c1ccccc1)c1ccccc1)C[SiH2]Cn1ccnc1BC(c1ccccc1)c1ccccc1. The summed E-state index contributed by atoms with van der Waals surface area (Å²) in [5.41, 5.74) is 7.79. The highest BCUT2D eigenvalue weighted by molar-refractivity contribution is 6.54. The molecule has 0 bridgehead atoms. The number of benzene rings is 4. The van der Waals surface area contributed by atoms with Gasteiger partial charge in [-0.2, -0.15) is 0 Å². The van der Waals surface area contributed by atoms with Crippen LogP contribution in [0.4, 0.5) is 0 Å². The van der Waals surface area contributed by atoms with Crippen molar-refractivity contribution in [2.24, 2.45) is 5.92 Å². The second-order valence-corrected chi connectivity index (χ2v) is 11.8. The first-order valence-corrected chi connectivity index (χ1v) is 15.7. The molecule has 1 unspecified atom stereocenters.